The zero-order chi connectivity index (χ0) is 18.9. The molecule has 0 radical (unpaired) electrons. The maximum absolute atomic E-state index is 12.8. The molecule has 0 aliphatic carbocycles. The van der Waals surface area contributed by atoms with Crippen molar-refractivity contribution in [2.45, 2.75) is 6.18 Å². The van der Waals surface area contributed by atoms with Gasteiger partial charge >= 0.3 is 6.18 Å². The Kier molecular flexibility index (Phi) is 4.50. The summed E-state index contributed by atoms with van der Waals surface area (Å²) in [6, 6.07) is 10.2. The van der Waals surface area contributed by atoms with Crippen molar-refractivity contribution >= 4 is 22.5 Å². The first-order chi connectivity index (χ1) is 12.3. The first-order valence-corrected chi connectivity index (χ1v) is 7.55. The Morgan fingerprint density at radius 2 is 1.73 bits per heavy atom. The normalized spacial score (nSPS) is 11.4. The third-order valence-electron chi connectivity index (χ3n) is 3.83. The highest BCUT2D eigenvalue weighted by Crippen LogP contribution is 2.32. The van der Waals surface area contributed by atoms with Gasteiger partial charge < -0.3 is 19.8 Å². The van der Waals surface area contributed by atoms with E-state index in [9.17, 15) is 18.0 Å². The molecule has 2 aromatic carbocycles. The molecule has 3 rings (SSSR count). The van der Waals surface area contributed by atoms with Crippen LogP contribution in [-0.4, -0.2) is 25.1 Å². The fourth-order valence-corrected chi connectivity index (χ4v) is 2.54. The number of hydrogen-bond acceptors (Lipinski definition) is 3. The molecule has 0 aliphatic rings. The Hall–Kier alpha value is -3.16. The summed E-state index contributed by atoms with van der Waals surface area (Å²) in [4.78, 5) is 14.7. The van der Waals surface area contributed by atoms with E-state index in [1.807, 2.05) is 0 Å². The predicted octanol–water partition coefficient (Wildman–Crippen LogP) is 4.46. The van der Waals surface area contributed by atoms with Crippen molar-refractivity contribution in [3.63, 3.8) is 0 Å². The van der Waals surface area contributed by atoms with Gasteiger partial charge in [0.2, 0.25) is 0 Å². The molecule has 3 aromatic rings. The number of carbonyl (C=O) groups excluding carboxylic acids is 1. The third kappa shape index (κ3) is 3.44. The van der Waals surface area contributed by atoms with Crippen molar-refractivity contribution in [3.05, 3.63) is 53.7 Å². The highest BCUT2D eigenvalue weighted by Gasteiger charge is 2.32. The maximum atomic E-state index is 12.8. The molecule has 26 heavy (non-hydrogen) atoms. The van der Waals surface area contributed by atoms with E-state index in [1.54, 1.807) is 12.1 Å². The standard InChI is InChI=1S/C18H15F3N2O3/c1-25-14-6-3-10(8-15(14)26-2)17(24)22-12-4-5-13-11(7-12)9-16(23-13)18(19,20)21/h3-9,23H,1-2H3,(H,22,24). The second-order valence-electron chi connectivity index (χ2n) is 5.51. The minimum absolute atomic E-state index is 0.327. The lowest BCUT2D eigenvalue weighted by Crippen LogP contribution is -2.12. The molecule has 1 amide bonds. The number of ether oxygens (including phenoxy) is 2. The largest absolute Gasteiger partial charge is 0.493 e. The van der Waals surface area contributed by atoms with E-state index >= 15 is 0 Å². The summed E-state index contributed by atoms with van der Waals surface area (Å²) in [6.45, 7) is 0. The first-order valence-electron chi connectivity index (χ1n) is 7.55. The minimum atomic E-state index is -4.46. The lowest BCUT2D eigenvalue weighted by molar-refractivity contribution is -0.140. The molecule has 1 aromatic heterocycles. The molecule has 0 bridgehead atoms. The Morgan fingerprint density at radius 3 is 2.38 bits per heavy atom. The Bertz CT molecular complexity index is 964. The van der Waals surface area contributed by atoms with Crippen molar-refractivity contribution in [2.24, 2.45) is 0 Å². The van der Waals surface area contributed by atoms with E-state index < -0.39 is 17.8 Å². The second kappa shape index (κ2) is 6.62. The maximum Gasteiger partial charge on any atom is 0.431 e. The number of hydrogen-bond donors (Lipinski definition) is 2. The van der Waals surface area contributed by atoms with Crippen LogP contribution in [0, 0.1) is 0 Å². The van der Waals surface area contributed by atoms with Crippen molar-refractivity contribution in [1.29, 1.82) is 0 Å². The number of aromatic amines is 1. The van der Waals surface area contributed by atoms with E-state index in [4.69, 9.17) is 9.47 Å². The molecule has 2 N–H and O–H groups in total. The number of nitrogens with one attached hydrogen (secondary N) is 2. The topological polar surface area (TPSA) is 63.3 Å². The number of rotatable bonds is 4. The Labute approximate surface area is 146 Å². The van der Waals surface area contributed by atoms with Gasteiger partial charge in [0.05, 0.1) is 14.2 Å². The fraction of sp³-hybridized carbons (Fsp3) is 0.167. The van der Waals surface area contributed by atoms with Crippen molar-refractivity contribution in [1.82, 2.24) is 4.98 Å². The van der Waals surface area contributed by atoms with Gasteiger partial charge in [-0.15, -0.1) is 0 Å². The highest BCUT2D eigenvalue weighted by molar-refractivity contribution is 6.05. The number of benzene rings is 2. The predicted molar refractivity (Wildman–Crippen MR) is 90.8 cm³/mol. The van der Waals surface area contributed by atoms with Gasteiger partial charge in [-0.2, -0.15) is 13.2 Å². The van der Waals surface area contributed by atoms with E-state index in [-0.39, 0.29) is 0 Å². The zero-order valence-electron chi connectivity index (χ0n) is 13.9. The van der Waals surface area contributed by atoms with E-state index in [0.29, 0.717) is 33.7 Å². The summed E-state index contributed by atoms with van der Waals surface area (Å²) in [5.74, 6) is 0.463. The quantitative estimate of drug-likeness (QED) is 0.719. The van der Waals surface area contributed by atoms with E-state index in [1.165, 1.54) is 38.5 Å². The van der Waals surface area contributed by atoms with Gasteiger partial charge in [0.15, 0.2) is 11.5 Å². The van der Waals surface area contributed by atoms with Gasteiger partial charge in [-0.3, -0.25) is 4.79 Å². The van der Waals surface area contributed by atoms with Crippen molar-refractivity contribution < 1.29 is 27.4 Å². The second-order valence-corrected chi connectivity index (χ2v) is 5.51. The molecule has 0 unspecified atom stereocenters. The number of fused-ring (bicyclic) bond motifs is 1. The minimum Gasteiger partial charge on any atom is -0.493 e. The molecular formula is C18H15F3N2O3. The van der Waals surface area contributed by atoms with Crippen LogP contribution in [0.2, 0.25) is 0 Å². The Morgan fingerprint density at radius 1 is 1.00 bits per heavy atom. The molecule has 0 aliphatic heterocycles. The van der Waals surface area contributed by atoms with E-state index in [2.05, 4.69) is 10.3 Å². The summed E-state index contributed by atoms with van der Waals surface area (Å²) >= 11 is 0. The number of amides is 1. The average Bonchev–Trinajstić information content (AvgIpc) is 3.04. The van der Waals surface area contributed by atoms with Gasteiger partial charge in [-0.1, -0.05) is 0 Å². The summed E-state index contributed by atoms with van der Waals surface area (Å²) < 4.78 is 48.6. The van der Waals surface area contributed by atoms with Gasteiger partial charge in [0, 0.05) is 22.2 Å². The van der Waals surface area contributed by atoms with Crippen molar-refractivity contribution in [3.8, 4) is 11.5 Å². The van der Waals surface area contributed by atoms with E-state index in [0.717, 1.165) is 6.07 Å². The van der Waals surface area contributed by atoms with Gasteiger partial charge in [-0.05, 0) is 42.5 Å². The number of anilines is 1. The van der Waals surface area contributed by atoms with Crippen LogP contribution in [0.1, 0.15) is 16.1 Å². The summed E-state index contributed by atoms with van der Waals surface area (Å²) in [6.07, 6.45) is -4.46. The first kappa shape index (κ1) is 17.7. The van der Waals surface area contributed by atoms with Gasteiger partial charge in [0.25, 0.3) is 5.91 Å². The molecule has 0 saturated carbocycles. The van der Waals surface area contributed by atoms with Crippen LogP contribution < -0.4 is 14.8 Å². The molecule has 0 atom stereocenters. The van der Waals surface area contributed by atoms with Gasteiger partial charge in [-0.25, -0.2) is 0 Å². The number of H-pyrrole nitrogens is 1. The average molecular weight is 364 g/mol. The van der Waals surface area contributed by atoms with Crippen molar-refractivity contribution in [2.75, 3.05) is 19.5 Å². The number of aromatic nitrogens is 1. The molecule has 1 heterocycles. The zero-order valence-corrected chi connectivity index (χ0v) is 13.9. The molecule has 0 fully saturated rings. The summed E-state index contributed by atoms with van der Waals surface area (Å²) in [5.41, 5.74) is 0.204. The van der Waals surface area contributed by atoms with Crippen LogP contribution in [0.4, 0.5) is 18.9 Å². The number of halogens is 3. The summed E-state index contributed by atoms with van der Waals surface area (Å²) in [7, 11) is 2.94. The van der Waals surface area contributed by atoms with Crippen LogP contribution in [0.3, 0.4) is 0 Å². The lowest BCUT2D eigenvalue weighted by atomic mass is 10.1. The number of carbonyl (C=O) groups is 1. The lowest BCUT2D eigenvalue weighted by Gasteiger charge is -2.10. The molecule has 8 heteroatoms. The van der Waals surface area contributed by atoms with Gasteiger partial charge in [0.1, 0.15) is 5.69 Å². The summed E-state index contributed by atoms with van der Waals surface area (Å²) in [5, 5.41) is 3.01. The molecular weight excluding hydrogens is 349 g/mol. The third-order valence-corrected chi connectivity index (χ3v) is 3.83. The monoisotopic (exact) mass is 364 g/mol. The molecule has 5 nitrogen and oxygen atoms in total. The van der Waals surface area contributed by atoms with Crippen LogP contribution in [0.15, 0.2) is 42.5 Å². The molecule has 136 valence electrons. The molecule has 0 spiro atoms. The van der Waals surface area contributed by atoms with Crippen LogP contribution >= 0.6 is 0 Å². The fourth-order valence-electron chi connectivity index (χ4n) is 2.54. The molecule has 0 saturated heterocycles. The Balaban J connectivity index is 1.85. The smallest absolute Gasteiger partial charge is 0.431 e. The number of methoxy groups -OCH3 is 2. The van der Waals surface area contributed by atoms with Crippen LogP contribution in [0.5, 0.6) is 11.5 Å². The SMILES string of the molecule is COc1ccc(C(=O)Nc2ccc3[nH]c(C(F)(F)F)cc3c2)cc1OC. The van der Waals surface area contributed by atoms with Crippen LogP contribution in [-0.2, 0) is 6.18 Å². The van der Waals surface area contributed by atoms with Crippen LogP contribution in [0.25, 0.3) is 10.9 Å². The number of alkyl halides is 3. The highest BCUT2D eigenvalue weighted by atomic mass is 19.4.